The fourth-order valence-corrected chi connectivity index (χ4v) is 3.72. The number of thioether (sulfide) groups is 1. The summed E-state index contributed by atoms with van der Waals surface area (Å²) in [6.07, 6.45) is 1.59. The van der Waals surface area contributed by atoms with Gasteiger partial charge in [-0.25, -0.2) is 4.98 Å². The molecule has 0 fully saturated rings. The largest absolute Gasteiger partial charge is 0.326 e. The van der Waals surface area contributed by atoms with E-state index in [9.17, 15) is 9.59 Å². The standard InChI is InChI=1S/C16H16BrN3O2S/c1-9-5-12(3-4-13(9)17)19-14(21)11-7-20-15(22)10(2)6-18-16(20)23-8-11/h3-6,11H,7-8H2,1-2H3,(H,19,21). The van der Waals surface area contributed by atoms with Crippen LogP contribution in [-0.4, -0.2) is 21.2 Å². The van der Waals surface area contributed by atoms with E-state index in [0.29, 0.717) is 23.0 Å². The van der Waals surface area contributed by atoms with E-state index in [1.54, 1.807) is 17.7 Å². The summed E-state index contributed by atoms with van der Waals surface area (Å²) in [5.74, 6) is 0.299. The van der Waals surface area contributed by atoms with Gasteiger partial charge in [-0.05, 0) is 37.6 Å². The number of carbonyl (C=O) groups is 1. The van der Waals surface area contributed by atoms with Crippen LogP contribution in [0.2, 0.25) is 0 Å². The van der Waals surface area contributed by atoms with Crippen molar-refractivity contribution >= 4 is 39.3 Å². The van der Waals surface area contributed by atoms with E-state index in [-0.39, 0.29) is 17.4 Å². The highest BCUT2D eigenvalue weighted by atomic mass is 79.9. The summed E-state index contributed by atoms with van der Waals surface area (Å²) >= 11 is 4.89. The second-order valence-electron chi connectivity index (χ2n) is 5.60. The zero-order chi connectivity index (χ0) is 16.6. The molecule has 120 valence electrons. The minimum absolute atomic E-state index is 0.0699. The molecule has 0 saturated heterocycles. The molecule has 1 atom stereocenters. The zero-order valence-electron chi connectivity index (χ0n) is 12.8. The molecule has 23 heavy (non-hydrogen) atoms. The van der Waals surface area contributed by atoms with Crippen molar-refractivity contribution in [2.24, 2.45) is 5.92 Å². The summed E-state index contributed by atoms with van der Waals surface area (Å²) in [6, 6.07) is 5.69. The first-order valence-electron chi connectivity index (χ1n) is 7.22. The van der Waals surface area contributed by atoms with Crippen LogP contribution in [0.4, 0.5) is 5.69 Å². The van der Waals surface area contributed by atoms with Crippen molar-refractivity contribution in [3.63, 3.8) is 0 Å². The molecule has 0 bridgehead atoms. The van der Waals surface area contributed by atoms with Crippen molar-refractivity contribution in [3.8, 4) is 0 Å². The Labute approximate surface area is 146 Å². The first-order chi connectivity index (χ1) is 11.0. The van der Waals surface area contributed by atoms with E-state index >= 15 is 0 Å². The number of fused-ring (bicyclic) bond motifs is 1. The maximum Gasteiger partial charge on any atom is 0.257 e. The van der Waals surface area contributed by atoms with Crippen molar-refractivity contribution in [2.75, 3.05) is 11.1 Å². The van der Waals surface area contributed by atoms with E-state index < -0.39 is 0 Å². The Morgan fingerprint density at radius 3 is 2.91 bits per heavy atom. The molecule has 0 saturated carbocycles. The highest BCUT2D eigenvalue weighted by Crippen LogP contribution is 2.26. The second kappa shape index (κ2) is 6.49. The monoisotopic (exact) mass is 393 g/mol. The number of benzene rings is 1. The third-order valence-electron chi connectivity index (χ3n) is 3.79. The molecule has 1 aromatic heterocycles. The minimum atomic E-state index is -0.252. The predicted molar refractivity (Wildman–Crippen MR) is 95.0 cm³/mol. The number of amides is 1. The van der Waals surface area contributed by atoms with E-state index in [1.807, 2.05) is 25.1 Å². The van der Waals surface area contributed by atoms with Crippen molar-refractivity contribution < 1.29 is 4.79 Å². The molecule has 5 nitrogen and oxygen atoms in total. The molecule has 3 rings (SSSR count). The number of hydrogen-bond acceptors (Lipinski definition) is 4. The van der Waals surface area contributed by atoms with Crippen molar-refractivity contribution in [1.29, 1.82) is 0 Å². The van der Waals surface area contributed by atoms with E-state index in [2.05, 4.69) is 26.2 Å². The number of anilines is 1. The lowest BCUT2D eigenvalue weighted by Gasteiger charge is -2.24. The molecule has 7 heteroatoms. The van der Waals surface area contributed by atoms with Gasteiger partial charge >= 0.3 is 0 Å². The van der Waals surface area contributed by atoms with Gasteiger partial charge in [-0.15, -0.1) is 0 Å². The van der Waals surface area contributed by atoms with Gasteiger partial charge in [0.25, 0.3) is 5.56 Å². The van der Waals surface area contributed by atoms with Crippen molar-refractivity contribution in [3.05, 3.63) is 50.3 Å². The minimum Gasteiger partial charge on any atom is -0.326 e. The maximum atomic E-state index is 12.5. The van der Waals surface area contributed by atoms with Crippen LogP contribution >= 0.6 is 27.7 Å². The van der Waals surface area contributed by atoms with Gasteiger partial charge in [0, 0.05) is 34.2 Å². The lowest BCUT2D eigenvalue weighted by atomic mass is 10.1. The third-order valence-corrected chi connectivity index (χ3v) is 5.84. The van der Waals surface area contributed by atoms with Gasteiger partial charge in [-0.3, -0.25) is 14.2 Å². The van der Waals surface area contributed by atoms with Gasteiger partial charge in [-0.1, -0.05) is 27.7 Å². The first kappa shape index (κ1) is 16.3. The molecule has 2 heterocycles. The van der Waals surface area contributed by atoms with Crippen molar-refractivity contribution in [2.45, 2.75) is 25.5 Å². The Kier molecular flexibility index (Phi) is 4.59. The average Bonchev–Trinajstić information content (AvgIpc) is 2.54. The normalized spacial score (nSPS) is 16.7. The number of nitrogens with zero attached hydrogens (tertiary/aromatic N) is 2. The quantitative estimate of drug-likeness (QED) is 0.796. The van der Waals surface area contributed by atoms with Crippen LogP contribution in [0.3, 0.4) is 0 Å². The zero-order valence-corrected chi connectivity index (χ0v) is 15.2. The number of aromatic nitrogens is 2. The Bertz CT molecular complexity index is 835. The summed E-state index contributed by atoms with van der Waals surface area (Å²) in [7, 11) is 0. The molecule has 1 N–H and O–H groups in total. The van der Waals surface area contributed by atoms with Crippen LogP contribution in [-0.2, 0) is 11.3 Å². The Morgan fingerprint density at radius 2 is 2.17 bits per heavy atom. The van der Waals surface area contributed by atoms with Gasteiger partial charge in [-0.2, -0.15) is 0 Å². The highest BCUT2D eigenvalue weighted by Gasteiger charge is 2.27. The molecule has 0 aliphatic carbocycles. The van der Waals surface area contributed by atoms with Gasteiger partial charge in [0.15, 0.2) is 5.16 Å². The molecule has 1 amide bonds. The average molecular weight is 394 g/mol. The number of rotatable bonds is 2. The third kappa shape index (κ3) is 3.35. The Balaban J connectivity index is 1.77. The summed E-state index contributed by atoms with van der Waals surface area (Å²) in [5, 5.41) is 3.62. The van der Waals surface area contributed by atoms with Crippen LogP contribution in [0.15, 0.2) is 38.8 Å². The second-order valence-corrected chi connectivity index (χ2v) is 7.44. The molecular formula is C16H16BrN3O2S. The van der Waals surface area contributed by atoms with Crippen LogP contribution in [0.1, 0.15) is 11.1 Å². The molecule has 0 spiro atoms. The van der Waals surface area contributed by atoms with Crippen molar-refractivity contribution in [1.82, 2.24) is 9.55 Å². The number of halogens is 1. The number of carbonyl (C=O) groups excluding carboxylic acids is 1. The van der Waals surface area contributed by atoms with Crippen LogP contribution < -0.4 is 10.9 Å². The Hall–Kier alpha value is -1.60. The maximum absolute atomic E-state index is 12.5. The van der Waals surface area contributed by atoms with Crippen LogP contribution in [0, 0.1) is 19.8 Å². The summed E-state index contributed by atoms with van der Waals surface area (Å²) in [6.45, 7) is 4.08. The van der Waals surface area contributed by atoms with Gasteiger partial charge in [0.1, 0.15) is 0 Å². The molecule has 1 aliphatic heterocycles. The van der Waals surface area contributed by atoms with E-state index in [1.165, 1.54) is 11.8 Å². The smallest absolute Gasteiger partial charge is 0.257 e. The predicted octanol–water partition coefficient (Wildman–Crippen LogP) is 2.98. The first-order valence-corrected chi connectivity index (χ1v) is 9.00. The number of aryl methyl sites for hydroxylation is 2. The van der Waals surface area contributed by atoms with Gasteiger partial charge in [0.2, 0.25) is 5.91 Å². The summed E-state index contributed by atoms with van der Waals surface area (Å²) < 4.78 is 2.60. The molecule has 2 aromatic rings. The molecule has 1 unspecified atom stereocenters. The number of nitrogens with one attached hydrogen (secondary N) is 1. The summed E-state index contributed by atoms with van der Waals surface area (Å²) in [5.41, 5.74) is 2.35. The molecule has 0 radical (unpaired) electrons. The summed E-state index contributed by atoms with van der Waals surface area (Å²) in [4.78, 5) is 29.0. The SMILES string of the molecule is Cc1cc(NC(=O)C2CSc3ncc(C)c(=O)n3C2)ccc1Br. The molecule has 1 aliphatic rings. The molecular weight excluding hydrogens is 378 g/mol. The lowest BCUT2D eigenvalue weighted by Crippen LogP contribution is -2.37. The van der Waals surface area contributed by atoms with E-state index in [4.69, 9.17) is 0 Å². The lowest BCUT2D eigenvalue weighted by molar-refractivity contribution is -0.119. The van der Waals surface area contributed by atoms with E-state index in [0.717, 1.165) is 15.7 Å². The van der Waals surface area contributed by atoms with Gasteiger partial charge in [0.05, 0.1) is 5.92 Å². The number of hydrogen-bond donors (Lipinski definition) is 1. The highest BCUT2D eigenvalue weighted by molar-refractivity contribution is 9.10. The van der Waals surface area contributed by atoms with Crippen LogP contribution in [0.25, 0.3) is 0 Å². The van der Waals surface area contributed by atoms with Gasteiger partial charge < -0.3 is 5.32 Å². The fraction of sp³-hybridized carbons (Fsp3) is 0.312. The topological polar surface area (TPSA) is 64.0 Å². The van der Waals surface area contributed by atoms with Crippen LogP contribution in [0.5, 0.6) is 0 Å². The molecule has 1 aromatic carbocycles. The fourth-order valence-electron chi connectivity index (χ4n) is 2.43. The Morgan fingerprint density at radius 1 is 1.39 bits per heavy atom.